The van der Waals surface area contributed by atoms with Crippen LogP contribution in [0, 0.1) is 15.5 Å². The summed E-state index contributed by atoms with van der Waals surface area (Å²) in [5.74, 6) is -0.218. The van der Waals surface area contributed by atoms with Gasteiger partial charge in [-0.3, -0.25) is 14.9 Å². The third kappa shape index (κ3) is 3.86. The number of hydrogen-bond donors (Lipinski definition) is 1. The van der Waals surface area contributed by atoms with Crippen LogP contribution in [0.3, 0.4) is 0 Å². The van der Waals surface area contributed by atoms with Gasteiger partial charge in [-0.2, -0.15) is 0 Å². The fourth-order valence-corrected chi connectivity index (χ4v) is 3.24. The highest BCUT2D eigenvalue weighted by molar-refractivity contribution is 5.96. The standard InChI is InChI=1S/C18H25N3O3/c1-18(2)8-3-10-20(11-9-18)15-7-4-13(12-16(15)21(23)24)17(22)19-14-5-6-14/h4,7,12,14H,3,5-6,8-11H2,1-2H3,(H,19,22). The first kappa shape index (κ1) is 16.7. The maximum atomic E-state index is 12.2. The molecule has 130 valence electrons. The number of nitro groups is 1. The Morgan fingerprint density at radius 3 is 2.71 bits per heavy atom. The number of carbonyl (C=O) groups excluding carboxylic acids is 1. The Balaban J connectivity index is 1.84. The quantitative estimate of drug-likeness (QED) is 0.677. The molecule has 1 aliphatic carbocycles. The molecule has 1 saturated carbocycles. The Labute approximate surface area is 142 Å². The van der Waals surface area contributed by atoms with Gasteiger partial charge in [0.1, 0.15) is 5.69 Å². The number of nitrogens with zero attached hydrogens (tertiary/aromatic N) is 2. The topological polar surface area (TPSA) is 75.5 Å². The molecule has 1 aromatic rings. The van der Waals surface area contributed by atoms with E-state index in [4.69, 9.17) is 0 Å². The molecule has 0 radical (unpaired) electrons. The second-order valence-electron chi connectivity index (χ2n) is 7.71. The number of nitro benzene ring substituents is 1. The lowest BCUT2D eigenvalue weighted by Crippen LogP contribution is -2.27. The maximum Gasteiger partial charge on any atom is 0.293 e. The molecule has 24 heavy (non-hydrogen) atoms. The van der Waals surface area contributed by atoms with Crippen molar-refractivity contribution in [2.24, 2.45) is 5.41 Å². The van der Waals surface area contributed by atoms with Crippen LogP contribution in [0.4, 0.5) is 11.4 Å². The lowest BCUT2D eigenvalue weighted by Gasteiger charge is -2.24. The van der Waals surface area contributed by atoms with Crippen LogP contribution in [0.5, 0.6) is 0 Å². The smallest absolute Gasteiger partial charge is 0.293 e. The zero-order chi connectivity index (χ0) is 17.3. The highest BCUT2D eigenvalue weighted by Crippen LogP contribution is 2.35. The predicted molar refractivity (Wildman–Crippen MR) is 93.4 cm³/mol. The van der Waals surface area contributed by atoms with Crippen molar-refractivity contribution < 1.29 is 9.72 Å². The van der Waals surface area contributed by atoms with Crippen LogP contribution in [0.15, 0.2) is 18.2 Å². The molecule has 3 rings (SSSR count). The number of rotatable bonds is 4. The Bertz CT molecular complexity index is 653. The van der Waals surface area contributed by atoms with Crippen molar-refractivity contribution in [2.45, 2.75) is 52.0 Å². The van der Waals surface area contributed by atoms with E-state index >= 15 is 0 Å². The highest BCUT2D eigenvalue weighted by atomic mass is 16.6. The minimum Gasteiger partial charge on any atom is -0.366 e. The molecule has 1 aliphatic heterocycles. The van der Waals surface area contributed by atoms with Crippen LogP contribution in [0.2, 0.25) is 0 Å². The minimum absolute atomic E-state index is 0.0261. The second-order valence-corrected chi connectivity index (χ2v) is 7.71. The van der Waals surface area contributed by atoms with Crippen molar-refractivity contribution in [1.29, 1.82) is 0 Å². The molecule has 1 aromatic carbocycles. The van der Waals surface area contributed by atoms with E-state index in [1.54, 1.807) is 12.1 Å². The average Bonchev–Trinajstić information content (AvgIpc) is 3.34. The Morgan fingerprint density at radius 1 is 1.29 bits per heavy atom. The first-order chi connectivity index (χ1) is 11.4. The molecular weight excluding hydrogens is 306 g/mol. The van der Waals surface area contributed by atoms with Gasteiger partial charge in [0.05, 0.1) is 4.92 Å². The van der Waals surface area contributed by atoms with Crippen molar-refractivity contribution in [3.63, 3.8) is 0 Å². The van der Waals surface area contributed by atoms with E-state index in [1.807, 2.05) is 0 Å². The lowest BCUT2D eigenvalue weighted by molar-refractivity contribution is -0.384. The van der Waals surface area contributed by atoms with Crippen LogP contribution in [-0.4, -0.2) is 30.0 Å². The summed E-state index contributed by atoms with van der Waals surface area (Å²) in [6.07, 6.45) is 5.15. The van der Waals surface area contributed by atoms with E-state index in [1.165, 1.54) is 6.07 Å². The number of benzene rings is 1. The Hall–Kier alpha value is -2.11. The molecule has 0 aromatic heterocycles. The van der Waals surface area contributed by atoms with Gasteiger partial charge in [0.15, 0.2) is 0 Å². The molecular formula is C18H25N3O3. The van der Waals surface area contributed by atoms with Crippen LogP contribution < -0.4 is 10.2 Å². The van der Waals surface area contributed by atoms with E-state index in [0.717, 1.165) is 45.2 Å². The molecule has 1 saturated heterocycles. The molecule has 1 N–H and O–H groups in total. The van der Waals surface area contributed by atoms with Gasteiger partial charge in [0.2, 0.25) is 0 Å². The number of hydrogen-bond acceptors (Lipinski definition) is 4. The SMILES string of the molecule is CC1(C)CCCN(c2ccc(C(=O)NC3CC3)cc2[N+](=O)[O-])CC1. The summed E-state index contributed by atoms with van der Waals surface area (Å²) in [5, 5.41) is 14.4. The summed E-state index contributed by atoms with van der Waals surface area (Å²) in [5.41, 5.74) is 1.29. The monoisotopic (exact) mass is 331 g/mol. The number of amides is 1. The van der Waals surface area contributed by atoms with Crippen LogP contribution in [0.25, 0.3) is 0 Å². The van der Waals surface area contributed by atoms with Crippen LogP contribution in [-0.2, 0) is 0 Å². The molecule has 2 aliphatic rings. The summed E-state index contributed by atoms with van der Waals surface area (Å²) in [6.45, 7) is 6.12. The summed E-state index contributed by atoms with van der Waals surface area (Å²) in [4.78, 5) is 25.4. The van der Waals surface area contributed by atoms with E-state index in [2.05, 4.69) is 24.1 Å². The van der Waals surface area contributed by atoms with Gasteiger partial charge >= 0.3 is 0 Å². The summed E-state index contributed by atoms with van der Waals surface area (Å²) < 4.78 is 0. The third-order valence-corrected chi connectivity index (χ3v) is 5.03. The van der Waals surface area contributed by atoms with Gasteiger partial charge in [-0.25, -0.2) is 0 Å². The van der Waals surface area contributed by atoms with Crippen LogP contribution in [0.1, 0.15) is 56.3 Å². The summed E-state index contributed by atoms with van der Waals surface area (Å²) in [7, 11) is 0. The van der Waals surface area contributed by atoms with E-state index in [-0.39, 0.29) is 28.0 Å². The number of anilines is 1. The lowest BCUT2D eigenvalue weighted by atomic mass is 9.85. The Kier molecular flexibility index (Phi) is 4.47. The number of carbonyl (C=O) groups is 1. The third-order valence-electron chi connectivity index (χ3n) is 5.03. The van der Waals surface area contributed by atoms with E-state index < -0.39 is 0 Å². The van der Waals surface area contributed by atoms with E-state index in [9.17, 15) is 14.9 Å². The predicted octanol–water partition coefficient (Wildman–Crippen LogP) is 3.50. The first-order valence-corrected chi connectivity index (χ1v) is 8.70. The van der Waals surface area contributed by atoms with Crippen molar-refractivity contribution >= 4 is 17.3 Å². The maximum absolute atomic E-state index is 12.2. The Morgan fingerprint density at radius 2 is 2.04 bits per heavy atom. The van der Waals surface area contributed by atoms with Crippen molar-refractivity contribution in [3.05, 3.63) is 33.9 Å². The molecule has 6 heteroatoms. The van der Waals surface area contributed by atoms with E-state index in [0.29, 0.717) is 11.3 Å². The van der Waals surface area contributed by atoms with Gasteiger partial charge in [-0.1, -0.05) is 13.8 Å². The van der Waals surface area contributed by atoms with Gasteiger partial charge in [-0.15, -0.1) is 0 Å². The van der Waals surface area contributed by atoms with Crippen molar-refractivity contribution in [3.8, 4) is 0 Å². The fourth-order valence-electron chi connectivity index (χ4n) is 3.24. The molecule has 1 amide bonds. The molecule has 6 nitrogen and oxygen atoms in total. The number of nitrogens with one attached hydrogen (secondary N) is 1. The highest BCUT2D eigenvalue weighted by Gasteiger charge is 2.28. The first-order valence-electron chi connectivity index (χ1n) is 8.70. The van der Waals surface area contributed by atoms with Gasteiger partial charge < -0.3 is 10.2 Å². The van der Waals surface area contributed by atoms with Gasteiger partial charge in [0, 0.05) is 30.8 Å². The molecule has 1 heterocycles. The molecule has 0 unspecified atom stereocenters. The zero-order valence-corrected chi connectivity index (χ0v) is 14.4. The molecule has 0 bridgehead atoms. The van der Waals surface area contributed by atoms with Crippen LogP contribution >= 0.6 is 0 Å². The summed E-state index contributed by atoms with van der Waals surface area (Å²) in [6, 6.07) is 5.10. The summed E-state index contributed by atoms with van der Waals surface area (Å²) >= 11 is 0. The average molecular weight is 331 g/mol. The van der Waals surface area contributed by atoms with Gasteiger partial charge in [0.25, 0.3) is 11.6 Å². The fraction of sp³-hybridized carbons (Fsp3) is 0.611. The molecule has 0 spiro atoms. The molecule has 0 atom stereocenters. The minimum atomic E-state index is -0.376. The van der Waals surface area contributed by atoms with Gasteiger partial charge in [-0.05, 0) is 49.7 Å². The van der Waals surface area contributed by atoms with Crippen molar-refractivity contribution in [1.82, 2.24) is 5.32 Å². The second kappa shape index (κ2) is 6.42. The largest absolute Gasteiger partial charge is 0.366 e. The normalized spacial score (nSPS) is 20.3. The van der Waals surface area contributed by atoms with Crippen molar-refractivity contribution in [2.75, 3.05) is 18.0 Å². The zero-order valence-electron chi connectivity index (χ0n) is 14.4. The molecule has 2 fully saturated rings.